The molecule has 3 atom stereocenters. The summed E-state index contributed by atoms with van der Waals surface area (Å²) in [5.74, 6) is 0.0917. The fraction of sp³-hybridized carbons (Fsp3) is 0.700. The summed E-state index contributed by atoms with van der Waals surface area (Å²) in [6, 6.07) is 0. The lowest BCUT2D eigenvalue weighted by molar-refractivity contribution is -0.147. The van der Waals surface area contributed by atoms with E-state index in [2.05, 4.69) is 6.92 Å². The maximum absolute atomic E-state index is 10.8. The van der Waals surface area contributed by atoms with E-state index in [-0.39, 0.29) is 17.5 Å². The van der Waals surface area contributed by atoms with Gasteiger partial charge in [-0.2, -0.15) is 0 Å². The van der Waals surface area contributed by atoms with Crippen LogP contribution in [0.25, 0.3) is 0 Å². The number of carbonyl (C=O) groups is 1. The summed E-state index contributed by atoms with van der Waals surface area (Å²) in [4.78, 5) is 10.8. The topological polar surface area (TPSA) is 26.3 Å². The van der Waals surface area contributed by atoms with E-state index >= 15 is 0 Å². The lowest BCUT2D eigenvalue weighted by Crippen LogP contribution is -2.31. The van der Waals surface area contributed by atoms with E-state index in [1.54, 1.807) is 0 Å². The molecule has 0 radical (unpaired) electrons. The van der Waals surface area contributed by atoms with Gasteiger partial charge in [0.05, 0.1) is 5.38 Å². The Kier molecular flexibility index (Phi) is 3.37. The van der Waals surface area contributed by atoms with Gasteiger partial charge in [0.1, 0.15) is 6.10 Å². The van der Waals surface area contributed by atoms with Crippen LogP contribution < -0.4 is 0 Å². The molecule has 1 rings (SSSR count). The summed E-state index contributed by atoms with van der Waals surface area (Å²) in [5.41, 5.74) is 1.06. The molecule has 0 heterocycles. The monoisotopic (exact) mass is 202 g/mol. The van der Waals surface area contributed by atoms with Gasteiger partial charge in [0, 0.05) is 6.92 Å². The number of esters is 1. The average Bonchev–Trinajstić information content (AvgIpc) is 1.96. The number of carbonyl (C=O) groups excluding carboxylic acids is 1. The SMILES string of the molecule is CC(=O)OC1C(C)=CC(Cl)CC1C. The minimum absolute atomic E-state index is 0.0764. The molecule has 0 saturated heterocycles. The predicted molar refractivity (Wildman–Crippen MR) is 52.7 cm³/mol. The van der Waals surface area contributed by atoms with Crippen molar-refractivity contribution in [1.82, 2.24) is 0 Å². The van der Waals surface area contributed by atoms with Gasteiger partial charge in [-0.3, -0.25) is 4.79 Å². The number of hydrogen-bond acceptors (Lipinski definition) is 2. The Morgan fingerprint density at radius 2 is 2.31 bits per heavy atom. The standard InChI is InChI=1S/C10H15ClO2/c1-6-4-9(11)5-7(2)10(6)13-8(3)12/h4,7,9-10H,5H2,1-3H3. The van der Waals surface area contributed by atoms with Gasteiger partial charge in [0.2, 0.25) is 0 Å². The van der Waals surface area contributed by atoms with Crippen molar-refractivity contribution >= 4 is 17.6 Å². The van der Waals surface area contributed by atoms with Crippen LogP contribution in [-0.2, 0) is 9.53 Å². The number of hydrogen-bond donors (Lipinski definition) is 0. The van der Waals surface area contributed by atoms with E-state index in [9.17, 15) is 4.79 Å². The maximum Gasteiger partial charge on any atom is 0.303 e. The maximum atomic E-state index is 10.8. The van der Waals surface area contributed by atoms with Gasteiger partial charge in [-0.25, -0.2) is 0 Å². The Morgan fingerprint density at radius 1 is 1.69 bits per heavy atom. The fourth-order valence-electron chi connectivity index (χ4n) is 1.76. The van der Waals surface area contributed by atoms with Crippen molar-refractivity contribution in [2.24, 2.45) is 5.92 Å². The molecule has 0 fully saturated rings. The van der Waals surface area contributed by atoms with Crippen LogP contribution in [0.1, 0.15) is 27.2 Å². The number of halogens is 1. The van der Waals surface area contributed by atoms with E-state index < -0.39 is 0 Å². The quantitative estimate of drug-likeness (QED) is 0.371. The summed E-state index contributed by atoms with van der Waals surface area (Å²) in [6.07, 6.45) is 2.76. The molecule has 0 aliphatic heterocycles. The summed E-state index contributed by atoms with van der Waals surface area (Å²) in [5, 5.41) is 0.0850. The van der Waals surface area contributed by atoms with E-state index in [0.29, 0.717) is 5.92 Å². The van der Waals surface area contributed by atoms with Crippen molar-refractivity contribution in [3.63, 3.8) is 0 Å². The van der Waals surface area contributed by atoms with Gasteiger partial charge in [0.25, 0.3) is 0 Å². The van der Waals surface area contributed by atoms with Gasteiger partial charge in [-0.15, -0.1) is 11.6 Å². The molecule has 1 aliphatic rings. The second-order valence-electron chi connectivity index (χ2n) is 3.67. The number of rotatable bonds is 1. The van der Waals surface area contributed by atoms with Crippen LogP contribution in [0.5, 0.6) is 0 Å². The van der Waals surface area contributed by atoms with Gasteiger partial charge < -0.3 is 4.74 Å². The van der Waals surface area contributed by atoms with Crippen LogP contribution >= 0.6 is 11.6 Å². The van der Waals surface area contributed by atoms with Crippen LogP contribution in [0, 0.1) is 5.92 Å². The lowest BCUT2D eigenvalue weighted by Gasteiger charge is -2.30. The summed E-state index contributed by atoms with van der Waals surface area (Å²) < 4.78 is 5.20. The predicted octanol–water partition coefficient (Wildman–Crippen LogP) is 2.51. The van der Waals surface area contributed by atoms with Crippen molar-refractivity contribution < 1.29 is 9.53 Å². The molecule has 3 heteroatoms. The van der Waals surface area contributed by atoms with E-state index in [4.69, 9.17) is 16.3 Å². The van der Waals surface area contributed by atoms with Gasteiger partial charge in [-0.05, 0) is 24.8 Å². The molecule has 0 aromatic rings. The van der Waals surface area contributed by atoms with E-state index in [0.717, 1.165) is 12.0 Å². The molecule has 74 valence electrons. The van der Waals surface area contributed by atoms with Gasteiger partial charge >= 0.3 is 5.97 Å². The molecule has 1 aliphatic carbocycles. The first-order chi connectivity index (χ1) is 6.00. The second kappa shape index (κ2) is 4.14. The first kappa shape index (κ1) is 10.6. The third kappa shape index (κ3) is 2.73. The smallest absolute Gasteiger partial charge is 0.303 e. The molecule has 0 saturated carbocycles. The van der Waals surface area contributed by atoms with E-state index in [1.807, 2.05) is 13.0 Å². The van der Waals surface area contributed by atoms with Crippen molar-refractivity contribution in [3.8, 4) is 0 Å². The highest BCUT2D eigenvalue weighted by atomic mass is 35.5. The molecule has 13 heavy (non-hydrogen) atoms. The molecule has 2 nitrogen and oxygen atoms in total. The Morgan fingerprint density at radius 3 is 2.77 bits per heavy atom. The molecule has 3 unspecified atom stereocenters. The van der Waals surface area contributed by atoms with Crippen LogP contribution in [0.15, 0.2) is 11.6 Å². The molecular weight excluding hydrogens is 188 g/mol. The number of alkyl halides is 1. The number of allylic oxidation sites excluding steroid dienone is 1. The molecule has 0 aromatic carbocycles. The van der Waals surface area contributed by atoms with Crippen LogP contribution in [0.4, 0.5) is 0 Å². The first-order valence-electron chi connectivity index (χ1n) is 4.50. The summed E-state index contributed by atoms with van der Waals surface area (Å²) in [6.45, 7) is 5.45. The van der Waals surface area contributed by atoms with Crippen LogP contribution in [0.3, 0.4) is 0 Å². The zero-order chi connectivity index (χ0) is 10.0. The van der Waals surface area contributed by atoms with Crippen LogP contribution in [0.2, 0.25) is 0 Å². The molecule has 0 aromatic heterocycles. The largest absolute Gasteiger partial charge is 0.458 e. The van der Waals surface area contributed by atoms with Gasteiger partial charge in [0.15, 0.2) is 0 Å². The fourth-order valence-corrected chi connectivity index (χ4v) is 2.24. The highest BCUT2D eigenvalue weighted by Gasteiger charge is 2.28. The molecule has 0 N–H and O–H groups in total. The van der Waals surface area contributed by atoms with Crippen LogP contribution in [-0.4, -0.2) is 17.5 Å². The Bertz CT molecular complexity index is 235. The summed E-state index contributed by atoms with van der Waals surface area (Å²) >= 11 is 5.99. The lowest BCUT2D eigenvalue weighted by atomic mass is 9.88. The number of ether oxygens (including phenoxy) is 1. The van der Waals surface area contributed by atoms with Crippen molar-refractivity contribution in [1.29, 1.82) is 0 Å². The van der Waals surface area contributed by atoms with Crippen molar-refractivity contribution in [3.05, 3.63) is 11.6 Å². The first-order valence-corrected chi connectivity index (χ1v) is 4.94. The average molecular weight is 203 g/mol. The molecule has 0 amide bonds. The zero-order valence-electron chi connectivity index (χ0n) is 8.21. The Labute approximate surface area is 83.9 Å². The van der Waals surface area contributed by atoms with E-state index in [1.165, 1.54) is 6.92 Å². The Hall–Kier alpha value is -0.500. The Balaban J connectivity index is 2.71. The zero-order valence-corrected chi connectivity index (χ0v) is 8.97. The normalized spacial score (nSPS) is 33.8. The molecule has 0 bridgehead atoms. The minimum atomic E-state index is -0.224. The third-order valence-electron chi connectivity index (χ3n) is 2.30. The molecular formula is C10H15ClO2. The highest BCUT2D eigenvalue weighted by molar-refractivity contribution is 6.21. The highest BCUT2D eigenvalue weighted by Crippen LogP contribution is 2.29. The summed E-state index contributed by atoms with van der Waals surface area (Å²) in [7, 11) is 0. The molecule has 0 spiro atoms. The van der Waals surface area contributed by atoms with Gasteiger partial charge in [-0.1, -0.05) is 13.0 Å². The van der Waals surface area contributed by atoms with Crippen molar-refractivity contribution in [2.45, 2.75) is 38.7 Å². The van der Waals surface area contributed by atoms with Crippen molar-refractivity contribution in [2.75, 3.05) is 0 Å². The second-order valence-corrected chi connectivity index (χ2v) is 4.23. The minimum Gasteiger partial charge on any atom is -0.458 e. The third-order valence-corrected chi connectivity index (χ3v) is 2.60.